The second-order valence-corrected chi connectivity index (χ2v) is 4.88. The van der Waals surface area contributed by atoms with Gasteiger partial charge in [-0.3, -0.25) is 14.8 Å². The van der Waals surface area contributed by atoms with Gasteiger partial charge < -0.3 is 9.30 Å². The molecule has 0 aliphatic rings. The fourth-order valence-electron chi connectivity index (χ4n) is 2.26. The predicted octanol–water partition coefficient (Wildman–Crippen LogP) is 2.69. The number of rotatable bonds is 3. The number of pyridine rings is 2. The molecule has 3 aromatic rings. The average molecular weight is 293 g/mol. The van der Waals surface area contributed by atoms with E-state index in [4.69, 9.17) is 4.74 Å². The van der Waals surface area contributed by atoms with E-state index in [-0.39, 0.29) is 5.56 Å². The molecule has 0 N–H and O–H groups in total. The third-order valence-corrected chi connectivity index (χ3v) is 3.44. The largest absolute Gasteiger partial charge is 0.497 e. The van der Waals surface area contributed by atoms with Crippen LogP contribution in [0.15, 0.2) is 58.7 Å². The molecule has 0 amide bonds. The standard InChI is InChI=1S/C17H15N3O2/c1-20-11-12(15-7-8-18-10-16(15)17(20)21)9-19-13-3-5-14(22-2)6-4-13/h3-11H,1-2H3. The summed E-state index contributed by atoms with van der Waals surface area (Å²) in [7, 11) is 3.35. The summed E-state index contributed by atoms with van der Waals surface area (Å²) in [4.78, 5) is 20.6. The normalized spacial score (nSPS) is 11.2. The van der Waals surface area contributed by atoms with Gasteiger partial charge in [-0.05, 0) is 30.3 Å². The van der Waals surface area contributed by atoms with Crippen LogP contribution in [0.4, 0.5) is 5.69 Å². The lowest BCUT2D eigenvalue weighted by Gasteiger charge is -2.05. The van der Waals surface area contributed by atoms with Crippen molar-refractivity contribution < 1.29 is 4.74 Å². The summed E-state index contributed by atoms with van der Waals surface area (Å²) in [6.07, 6.45) is 6.79. The van der Waals surface area contributed by atoms with Crippen LogP contribution in [0.2, 0.25) is 0 Å². The lowest BCUT2D eigenvalue weighted by molar-refractivity contribution is 0.415. The van der Waals surface area contributed by atoms with Crippen molar-refractivity contribution in [2.75, 3.05) is 7.11 Å². The summed E-state index contributed by atoms with van der Waals surface area (Å²) in [5.74, 6) is 0.789. The molecule has 5 nitrogen and oxygen atoms in total. The molecule has 2 heterocycles. The highest BCUT2D eigenvalue weighted by Crippen LogP contribution is 2.18. The number of benzene rings is 1. The van der Waals surface area contributed by atoms with Crippen LogP contribution < -0.4 is 10.3 Å². The molecule has 0 spiro atoms. The number of ether oxygens (including phenoxy) is 1. The van der Waals surface area contributed by atoms with Crippen molar-refractivity contribution >= 4 is 22.7 Å². The van der Waals surface area contributed by atoms with Gasteiger partial charge in [-0.2, -0.15) is 0 Å². The van der Waals surface area contributed by atoms with Crippen LogP contribution in [0, 0.1) is 0 Å². The van der Waals surface area contributed by atoms with Crippen LogP contribution in [0.5, 0.6) is 5.75 Å². The first-order chi connectivity index (χ1) is 10.7. The number of aromatic nitrogens is 2. The Balaban J connectivity index is 2.04. The Labute approximate surface area is 127 Å². The first-order valence-electron chi connectivity index (χ1n) is 6.80. The van der Waals surface area contributed by atoms with Crippen molar-refractivity contribution in [2.45, 2.75) is 0 Å². The van der Waals surface area contributed by atoms with E-state index in [2.05, 4.69) is 9.98 Å². The van der Waals surface area contributed by atoms with Gasteiger partial charge in [0.1, 0.15) is 5.75 Å². The molecule has 0 aliphatic heterocycles. The SMILES string of the molecule is COc1ccc(N=Cc2cn(C)c(=O)c3cnccc23)cc1. The van der Waals surface area contributed by atoms with E-state index < -0.39 is 0 Å². The number of hydrogen-bond donors (Lipinski definition) is 0. The Morgan fingerprint density at radius 2 is 1.95 bits per heavy atom. The summed E-state index contributed by atoms with van der Waals surface area (Å²) < 4.78 is 6.66. The van der Waals surface area contributed by atoms with E-state index in [9.17, 15) is 4.79 Å². The van der Waals surface area contributed by atoms with Gasteiger partial charge in [0.25, 0.3) is 5.56 Å². The van der Waals surface area contributed by atoms with Crippen LogP contribution in [-0.2, 0) is 7.05 Å². The summed E-state index contributed by atoms with van der Waals surface area (Å²) >= 11 is 0. The summed E-state index contributed by atoms with van der Waals surface area (Å²) in [5.41, 5.74) is 1.62. The monoisotopic (exact) mass is 293 g/mol. The highest BCUT2D eigenvalue weighted by atomic mass is 16.5. The second-order valence-electron chi connectivity index (χ2n) is 4.88. The van der Waals surface area contributed by atoms with Gasteiger partial charge >= 0.3 is 0 Å². The summed E-state index contributed by atoms with van der Waals surface area (Å²) in [6, 6.07) is 9.29. The van der Waals surface area contributed by atoms with E-state index in [0.29, 0.717) is 5.39 Å². The minimum Gasteiger partial charge on any atom is -0.497 e. The Morgan fingerprint density at radius 3 is 2.68 bits per heavy atom. The molecular weight excluding hydrogens is 278 g/mol. The molecule has 0 saturated carbocycles. The lowest BCUT2D eigenvalue weighted by atomic mass is 10.1. The molecule has 1 aromatic carbocycles. The van der Waals surface area contributed by atoms with Crippen LogP contribution in [-0.4, -0.2) is 22.9 Å². The van der Waals surface area contributed by atoms with E-state index in [0.717, 1.165) is 22.4 Å². The molecule has 0 saturated heterocycles. The third kappa shape index (κ3) is 2.61. The zero-order chi connectivity index (χ0) is 15.5. The molecule has 2 aromatic heterocycles. The fraction of sp³-hybridized carbons (Fsp3) is 0.118. The summed E-state index contributed by atoms with van der Waals surface area (Å²) in [5, 5.41) is 1.43. The molecule has 0 aliphatic carbocycles. The van der Waals surface area contributed by atoms with E-state index in [1.54, 1.807) is 43.5 Å². The third-order valence-electron chi connectivity index (χ3n) is 3.44. The Morgan fingerprint density at radius 1 is 1.18 bits per heavy atom. The number of aliphatic imine (C=N–C) groups is 1. The van der Waals surface area contributed by atoms with Gasteiger partial charge in [0.05, 0.1) is 18.2 Å². The van der Waals surface area contributed by atoms with Gasteiger partial charge in [-0.25, -0.2) is 0 Å². The topological polar surface area (TPSA) is 56.5 Å². The first-order valence-corrected chi connectivity index (χ1v) is 6.80. The van der Waals surface area contributed by atoms with Crippen molar-refractivity contribution in [3.8, 4) is 5.75 Å². The van der Waals surface area contributed by atoms with Crippen LogP contribution in [0.1, 0.15) is 5.56 Å². The maximum absolute atomic E-state index is 12.1. The van der Waals surface area contributed by atoms with Crippen molar-refractivity contribution in [2.24, 2.45) is 12.0 Å². The van der Waals surface area contributed by atoms with E-state index in [1.807, 2.05) is 30.3 Å². The highest BCUT2D eigenvalue weighted by Gasteiger charge is 2.05. The maximum Gasteiger partial charge on any atom is 0.259 e. The number of hydrogen-bond acceptors (Lipinski definition) is 4. The molecule has 22 heavy (non-hydrogen) atoms. The van der Waals surface area contributed by atoms with Crippen LogP contribution in [0.3, 0.4) is 0 Å². The van der Waals surface area contributed by atoms with Crippen molar-refractivity contribution in [3.63, 3.8) is 0 Å². The van der Waals surface area contributed by atoms with E-state index in [1.165, 1.54) is 0 Å². The quantitative estimate of drug-likeness (QED) is 0.698. The minimum absolute atomic E-state index is 0.0651. The van der Waals surface area contributed by atoms with Crippen LogP contribution >= 0.6 is 0 Å². The number of fused-ring (bicyclic) bond motifs is 1. The molecule has 0 radical (unpaired) electrons. The van der Waals surface area contributed by atoms with Gasteiger partial charge in [-0.15, -0.1) is 0 Å². The molecular formula is C17H15N3O2. The molecule has 110 valence electrons. The molecule has 0 fully saturated rings. The number of aryl methyl sites for hydroxylation is 1. The smallest absolute Gasteiger partial charge is 0.259 e. The first kappa shape index (κ1) is 14.0. The van der Waals surface area contributed by atoms with Gasteiger partial charge in [0.15, 0.2) is 0 Å². The molecule has 5 heteroatoms. The van der Waals surface area contributed by atoms with Crippen molar-refractivity contribution in [1.82, 2.24) is 9.55 Å². The Hall–Kier alpha value is -2.95. The molecule has 0 bridgehead atoms. The zero-order valence-electron chi connectivity index (χ0n) is 12.4. The second kappa shape index (κ2) is 5.81. The molecule has 0 unspecified atom stereocenters. The molecule has 3 rings (SSSR count). The van der Waals surface area contributed by atoms with Gasteiger partial charge in [0, 0.05) is 42.8 Å². The van der Waals surface area contributed by atoms with Crippen molar-refractivity contribution in [3.05, 3.63) is 64.8 Å². The Bertz CT molecular complexity index is 896. The summed E-state index contributed by atoms with van der Waals surface area (Å²) in [6.45, 7) is 0. The minimum atomic E-state index is -0.0651. The predicted molar refractivity (Wildman–Crippen MR) is 87.2 cm³/mol. The maximum atomic E-state index is 12.1. The Kier molecular flexibility index (Phi) is 3.70. The van der Waals surface area contributed by atoms with Crippen molar-refractivity contribution in [1.29, 1.82) is 0 Å². The van der Waals surface area contributed by atoms with Gasteiger partial charge in [-0.1, -0.05) is 0 Å². The van der Waals surface area contributed by atoms with Gasteiger partial charge in [0.2, 0.25) is 0 Å². The average Bonchev–Trinajstić information content (AvgIpc) is 2.57. The fourth-order valence-corrected chi connectivity index (χ4v) is 2.26. The lowest BCUT2D eigenvalue weighted by Crippen LogP contribution is -2.17. The highest BCUT2D eigenvalue weighted by molar-refractivity contribution is 5.99. The van der Waals surface area contributed by atoms with E-state index >= 15 is 0 Å². The zero-order valence-corrected chi connectivity index (χ0v) is 12.4. The number of methoxy groups -OCH3 is 1. The number of nitrogens with zero attached hydrogens (tertiary/aromatic N) is 3. The molecule has 0 atom stereocenters. The van der Waals surface area contributed by atoms with Crippen LogP contribution in [0.25, 0.3) is 10.8 Å².